The van der Waals surface area contributed by atoms with E-state index in [1.807, 2.05) is 0 Å². The van der Waals surface area contributed by atoms with Gasteiger partial charge in [-0.2, -0.15) is 5.10 Å². The molecule has 1 rings (SSSR count). The van der Waals surface area contributed by atoms with Gasteiger partial charge in [0, 0.05) is 20.6 Å². The largest absolute Gasteiger partial charge is 0.479 e. The van der Waals surface area contributed by atoms with Crippen LogP contribution in [0.25, 0.3) is 0 Å². The Morgan fingerprint density at radius 1 is 1.53 bits per heavy atom. The lowest BCUT2D eigenvalue weighted by molar-refractivity contribution is -0.148. The molecule has 17 heavy (non-hydrogen) atoms. The fraction of sp³-hybridized carbons (Fsp3) is 0.500. The van der Waals surface area contributed by atoms with Gasteiger partial charge in [-0.05, 0) is 0 Å². The van der Waals surface area contributed by atoms with Crippen molar-refractivity contribution >= 4 is 11.9 Å². The highest BCUT2D eigenvalue weighted by Crippen LogP contribution is 2.13. The number of aliphatic carboxylic acids is 1. The second-order valence-electron chi connectivity index (χ2n) is 3.39. The summed E-state index contributed by atoms with van der Waals surface area (Å²) in [6, 6.07) is 0. The van der Waals surface area contributed by atoms with Crippen molar-refractivity contribution in [1.29, 1.82) is 0 Å². The van der Waals surface area contributed by atoms with E-state index in [0.717, 1.165) is 0 Å². The zero-order valence-electron chi connectivity index (χ0n) is 9.84. The number of carboxylic acid groups (broad SMARTS) is 1. The van der Waals surface area contributed by atoms with Crippen LogP contribution >= 0.6 is 0 Å². The van der Waals surface area contributed by atoms with Crippen molar-refractivity contribution in [1.82, 2.24) is 9.78 Å². The molecule has 0 bridgehead atoms. The van der Waals surface area contributed by atoms with E-state index in [2.05, 4.69) is 9.84 Å². The molecule has 0 saturated heterocycles. The number of ether oxygens (including phenoxy) is 2. The van der Waals surface area contributed by atoms with Crippen LogP contribution in [-0.2, 0) is 27.7 Å². The first-order valence-electron chi connectivity index (χ1n) is 4.86. The lowest BCUT2D eigenvalue weighted by atomic mass is 10.1. The maximum atomic E-state index is 11.4. The van der Waals surface area contributed by atoms with Crippen molar-refractivity contribution < 1.29 is 24.2 Å². The highest BCUT2D eigenvalue weighted by molar-refractivity contribution is 5.90. The van der Waals surface area contributed by atoms with Gasteiger partial charge in [-0.3, -0.25) is 4.68 Å². The molecule has 1 aromatic rings. The number of carboxylic acids is 1. The Morgan fingerprint density at radius 3 is 2.65 bits per heavy atom. The van der Waals surface area contributed by atoms with E-state index in [1.165, 1.54) is 25.1 Å². The van der Waals surface area contributed by atoms with Crippen LogP contribution in [0, 0.1) is 0 Å². The molecule has 0 radical (unpaired) electrons. The molecule has 7 heteroatoms. The maximum Gasteiger partial charge on any atom is 0.341 e. The molecule has 1 atom stereocenters. The van der Waals surface area contributed by atoms with Crippen LogP contribution in [0.5, 0.6) is 0 Å². The number of esters is 1. The number of carbonyl (C=O) groups is 2. The molecule has 0 fully saturated rings. The lowest BCUT2D eigenvalue weighted by Gasteiger charge is -2.11. The summed E-state index contributed by atoms with van der Waals surface area (Å²) in [5.41, 5.74) is 0.712. The van der Waals surface area contributed by atoms with Crippen LogP contribution < -0.4 is 0 Å². The predicted molar refractivity (Wildman–Crippen MR) is 56.7 cm³/mol. The highest BCUT2D eigenvalue weighted by atomic mass is 16.5. The van der Waals surface area contributed by atoms with E-state index in [4.69, 9.17) is 9.84 Å². The van der Waals surface area contributed by atoms with Crippen molar-refractivity contribution in [2.45, 2.75) is 12.5 Å². The van der Waals surface area contributed by atoms with Gasteiger partial charge in [0.1, 0.15) is 5.56 Å². The van der Waals surface area contributed by atoms with Crippen LogP contribution in [0.4, 0.5) is 0 Å². The van der Waals surface area contributed by atoms with E-state index < -0.39 is 18.0 Å². The average molecular weight is 242 g/mol. The van der Waals surface area contributed by atoms with Gasteiger partial charge >= 0.3 is 11.9 Å². The maximum absolute atomic E-state index is 11.4. The molecule has 0 aromatic carbocycles. The molecule has 1 aromatic heterocycles. The topological polar surface area (TPSA) is 90.6 Å². The van der Waals surface area contributed by atoms with E-state index >= 15 is 0 Å². The third-order valence-corrected chi connectivity index (χ3v) is 2.41. The van der Waals surface area contributed by atoms with Gasteiger partial charge in [0.25, 0.3) is 0 Å². The number of rotatable bonds is 5. The minimum atomic E-state index is -1.09. The smallest absolute Gasteiger partial charge is 0.341 e. The lowest BCUT2D eigenvalue weighted by Crippen LogP contribution is -2.27. The van der Waals surface area contributed by atoms with Crippen molar-refractivity contribution in [3.63, 3.8) is 0 Å². The van der Waals surface area contributed by atoms with E-state index in [0.29, 0.717) is 5.69 Å². The first-order chi connectivity index (χ1) is 8.01. The number of methoxy groups -OCH3 is 2. The second-order valence-corrected chi connectivity index (χ2v) is 3.39. The first-order valence-corrected chi connectivity index (χ1v) is 4.86. The fourth-order valence-corrected chi connectivity index (χ4v) is 1.43. The SMILES string of the molecule is COC(=O)c1cnn(C)c1CC(OC)C(=O)O. The Bertz CT molecular complexity index is 426. The molecule has 94 valence electrons. The standard InChI is InChI=1S/C10H14N2O5/c1-12-7(4-8(16-2)9(13)14)6(5-11-12)10(15)17-3/h5,8H,4H2,1-3H3,(H,13,14). The number of hydrogen-bond acceptors (Lipinski definition) is 5. The van der Waals surface area contributed by atoms with Crippen LogP contribution in [0.15, 0.2) is 6.20 Å². The van der Waals surface area contributed by atoms with Crippen molar-refractivity contribution in [2.24, 2.45) is 7.05 Å². The quantitative estimate of drug-likeness (QED) is 0.722. The molecule has 1 heterocycles. The summed E-state index contributed by atoms with van der Waals surface area (Å²) < 4.78 is 10.8. The van der Waals surface area contributed by atoms with Crippen LogP contribution in [0.2, 0.25) is 0 Å². The molecule has 1 N–H and O–H groups in total. The Hall–Kier alpha value is -1.89. The molecule has 0 spiro atoms. The van der Waals surface area contributed by atoms with Crippen LogP contribution in [-0.4, -0.2) is 47.1 Å². The summed E-state index contributed by atoms with van der Waals surface area (Å²) in [6.45, 7) is 0. The summed E-state index contributed by atoms with van der Waals surface area (Å²) in [6.07, 6.45) is 0.372. The minimum Gasteiger partial charge on any atom is -0.479 e. The van der Waals surface area contributed by atoms with Gasteiger partial charge in [0.05, 0.1) is 19.0 Å². The average Bonchev–Trinajstić information content (AvgIpc) is 2.66. The summed E-state index contributed by atoms with van der Waals surface area (Å²) in [7, 11) is 4.17. The number of aryl methyl sites for hydroxylation is 1. The number of carbonyl (C=O) groups excluding carboxylic acids is 1. The summed E-state index contributed by atoms with van der Waals surface area (Å²) in [4.78, 5) is 22.3. The zero-order chi connectivity index (χ0) is 13.0. The van der Waals surface area contributed by atoms with Gasteiger partial charge in [-0.1, -0.05) is 0 Å². The van der Waals surface area contributed by atoms with E-state index in [-0.39, 0.29) is 12.0 Å². The fourth-order valence-electron chi connectivity index (χ4n) is 1.43. The Morgan fingerprint density at radius 2 is 2.18 bits per heavy atom. The normalized spacial score (nSPS) is 12.2. The van der Waals surface area contributed by atoms with Gasteiger partial charge < -0.3 is 14.6 Å². The van der Waals surface area contributed by atoms with Crippen molar-refractivity contribution in [3.05, 3.63) is 17.5 Å². The molecular weight excluding hydrogens is 228 g/mol. The molecule has 0 saturated carbocycles. The molecule has 1 unspecified atom stereocenters. The molecule has 0 aliphatic carbocycles. The monoisotopic (exact) mass is 242 g/mol. The van der Waals surface area contributed by atoms with Gasteiger partial charge in [-0.25, -0.2) is 9.59 Å². The summed E-state index contributed by atoms with van der Waals surface area (Å²) in [5.74, 6) is -1.64. The van der Waals surface area contributed by atoms with Crippen LogP contribution in [0.1, 0.15) is 16.1 Å². The first kappa shape index (κ1) is 13.2. The molecule has 0 aliphatic rings. The Balaban J connectivity index is 3.00. The predicted octanol–water partition coefficient (Wildman–Crippen LogP) is -0.151. The van der Waals surface area contributed by atoms with E-state index in [1.54, 1.807) is 7.05 Å². The van der Waals surface area contributed by atoms with Crippen molar-refractivity contribution in [3.8, 4) is 0 Å². The summed E-state index contributed by atoms with van der Waals surface area (Å²) in [5, 5.41) is 12.8. The molecular formula is C10H14N2O5. The Labute approximate surface area is 97.9 Å². The zero-order valence-corrected chi connectivity index (χ0v) is 9.84. The third kappa shape index (κ3) is 2.82. The second kappa shape index (κ2) is 5.44. The summed E-state index contributed by atoms with van der Waals surface area (Å²) >= 11 is 0. The van der Waals surface area contributed by atoms with Gasteiger partial charge in [-0.15, -0.1) is 0 Å². The van der Waals surface area contributed by atoms with Crippen LogP contribution in [0.3, 0.4) is 0 Å². The third-order valence-electron chi connectivity index (χ3n) is 2.41. The van der Waals surface area contributed by atoms with Gasteiger partial charge in [0.15, 0.2) is 6.10 Å². The van der Waals surface area contributed by atoms with Gasteiger partial charge in [0.2, 0.25) is 0 Å². The Kier molecular flexibility index (Phi) is 4.22. The highest BCUT2D eigenvalue weighted by Gasteiger charge is 2.24. The van der Waals surface area contributed by atoms with E-state index in [9.17, 15) is 9.59 Å². The number of nitrogens with zero attached hydrogens (tertiary/aromatic N) is 2. The molecule has 7 nitrogen and oxygen atoms in total. The van der Waals surface area contributed by atoms with Crippen molar-refractivity contribution in [2.75, 3.05) is 14.2 Å². The number of aromatic nitrogens is 2. The number of hydrogen-bond donors (Lipinski definition) is 1. The minimum absolute atomic E-state index is 0.0484. The molecule has 0 amide bonds. The molecule has 0 aliphatic heterocycles.